The molecular weight excluding hydrogens is 230 g/mol. The topological polar surface area (TPSA) is 20.3 Å². The zero-order chi connectivity index (χ0) is 12.3. The maximum absolute atomic E-state index is 11.0. The lowest BCUT2D eigenvalue weighted by Crippen LogP contribution is -2.48. The highest BCUT2D eigenvalue weighted by molar-refractivity contribution is 7.98. The molecule has 0 spiro atoms. The molecule has 0 aromatic heterocycles. The molecule has 0 radical (unpaired) electrons. The molecule has 0 N–H and O–H groups in total. The van der Waals surface area contributed by atoms with Crippen LogP contribution in [0.5, 0.6) is 0 Å². The fourth-order valence-corrected chi connectivity index (χ4v) is 2.26. The van der Waals surface area contributed by atoms with Gasteiger partial charge in [-0.2, -0.15) is 0 Å². The molecule has 17 heavy (non-hydrogen) atoms. The lowest BCUT2D eigenvalue weighted by atomic mass is 9.99. The Balaban J connectivity index is 1.87. The molecule has 0 bridgehead atoms. The summed E-state index contributed by atoms with van der Waals surface area (Å²) in [5, 5.41) is 0. The Morgan fingerprint density at radius 3 is 2.53 bits per heavy atom. The molecule has 1 aromatic carbocycles. The molecule has 1 aromatic rings. The first-order valence-corrected chi connectivity index (χ1v) is 6.99. The van der Waals surface area contributed by atoms with Crippen molar-refractivity contribution in [3.63, 3.8) is 0 Å². The highest BCUT2D eigenvalue weighted by atomic mass is 32.2. The number of nitrogens with zero attached hydrogens (tertiary/aromatic N) is 1. The molecule has 0 saturated carbocycles. The summed E-state index contributed by atoms with van der Waals surface area (Å²) < 4.78 is 0. The third-order valence-corrected chi connectivity index (χ3v) is 3.78. The van der Waals surface area contributed by atoms with Gasteiger partial charge in [-0.3, -0.25) is 4.79 Å². The fourth-order valence-electron chi connectivity index (χ4n) is 1.85. The van der Waals surface area contributed by atoms with E-state index in [0.29, 0.717) is 5.92 Å². The van der Waals surface area contributed by atoms with Gasteiger partial charge in [-0.05, 0) is 24.0 Å². The number of amides is 1. The molecule has 1 aliphatic rings. The van der Waals surface area contributed by atoms with E-state index in [4.69, 9.17) is 0 Å². The second kappa shape index (κ2) is 5.41. The summed E-state index contributed by atoms with van der Waals surface area (Å²) in [7, 11) is 0. The largest absolute Gasteiger partial charge is 0.342 e. The molecule has 2 nitrogen and oxygen atoms in total. The molecular formula is C14H17NOS. The van der Waals surface area contributed by atoms with Crippen molar-refractivity contribution in [3.05, 3.63) is 35.9 Å². The van der Waals surface area contributed by atoms with E-state index in [1.807, 2.05) is 4.90 Å². The Morgan fingerprint density at radius 1 is 1.35 bits per heavy atom. The Hall–Kier alpha value is -1.22. The minimum absolute atomic E-state index is 0.180. The number of carbonyl (C=O) groups excluding carboxylic acids is 1. The van der Waals surface area contributed by atoms with E-state index in [1.54, 1.807) is 18.7 Å². The summed E-state index contributed by atoms with van der Waals surface area (Å²) >= 11 is 1.75. The summed E-state index contributed by atoms with van der Waals surface area (Å²) in [6.07, 6.45) is 6.43. The van der Waals surface area contributed by atoms with Crippen LogP contribution >= 0.6 is 11.8 Å². The number of carbonyl (C=O) groups is 1. The number of thioether (sulfide) groups is 1. The van der Waals surface area contributed by atoms with E-state index >= 15 is 0 Å². The minimum atomic E-state index is 0.180. The number of rotatable bonds is 3. The second-order valence-electron chi connectivity index (χ2n) is 4.32. The maximum atomic E-state index is 11.0. The molecule has 0 unspecified atom stereocenters. The van der Waals surface area contributed by atoms with E-state index in [2.05, 4.69) is 42.7 Å². The molecule has 0 aliphatic carbocycles. The fraction of sp³-hybridized carbons (Fsp3) is 0.357. The quantitative estimate of drug-likeness (QED) is 0.765. The van der Waals surface area contributed by atoms with Crippen molar-refractivity contribution >= 4 is 23.7 Å². The molecule has 0 atom stereocenters. The van der Waals surface area contributed by atoms with E-state index in [0.717, 1.165) is 13.1 Å². The summed E-state index contributed by atoms with van der Waals surface area (Å²) in [5.41, 5.74) is 1.23. The van der Waals surface area contributed by atoms with Crippen LogP contribution < -0.4 is 0 Å². The van der Waals surface area contributed by atoms with Gasteiger partial charge in [0.1, 0.15) is 0 Å². The SMILES string of the molecule is CSc1ccc(/C=C/C2CN(C(C)=O)C2)cc1. The average molecular weight is 247 g/mol. The Bertz CT molecular complexity index is 418. The van der Waals surface area contributed by atoms with Gasteiger partial charge < -0.3 is 4.90 Å². The van der Waals surface area contributed by atoms with Crippen LogP contribution in [0, 0.1) is 5.92 Å². The smallest absolute Gasteiger partial charge is 0.219 e. The molecule has 1 saturated heterocycles. The molecule has 1 fully saturated rings. The maximum Gasteiger partial charge on any atom is 0.219 e. The van der Waals surface area contributed by atoms with E-state index in [1.165, 1.54) is 10.5 Å². The molecule has 90 valence electrons. The average Bonchev–Trinajstić information content (AvgIpc) is 2.27. The van der Waals surface area contributed by atoms with Gasteiger partial charge >= 0.3 is 0 Å². The molecule has 1 aliphatic heterocycles. The Labute approximate surface area is 107 Å². The summed E-state index contributed by atoms with van der Waals surface area (Å²) in [6.45, 7) is 3.37. The van der Waals surface area contributed by atoms with Gasteiger partial charge in [0.2, 0.25) is 5.91 Å². The van der Waals surface area contributed by atoms with E-state index in [9.17, 15) is 4.79 Å². The van der Waals surface area contributed by atoms with Crippen LogP contribution in [0.15, 0.2) is 35.2 Å². The zero-order valence-corrected chi connectivity index (χ0v) is 11.0. The van der Waals surface area contributed by atoms with Crippen LogP contribution in [-0.2, 0) is 4.79 Å². The summed E-state index contributed by atoms with van der Waals surface area (Å²) in [5.74, 6) is 0.707. The van der Waals surface area contributed by atoms with Crippen molar-refractivity contribution < 1.29 is 4.79 Å². The predicted molar refractivity (Wildman–Crippen MR) is 73.0 cm³/mol. The number of benzene rings is 1. The van der Waals surface area contributed by atoms with Crippen molar-refractivity contribution in [2.75, 3.05) is 19.3 Å². The van der Waals surface area contributed by atoms with Gasteiger partial charge in [0, 0.05) is 30.8 Å². The van der Waals surface area contributed by atoms with Crippen LogP contribution in [-0.4, -0.2) is 30.2 Å². The van der Waals surface area contributed by atoms with Crippen LogP contribution in [0.3, 0.4) is 0 Å². The summed E-state index contributed by atoms with van der Waals surface area (Å²) in [4.78, 5) is 14.2. The highest BCUT2D eigenvalue weighted by Crippen LogP contribution is 2.19. The lowest BCUT2D eigenvalue weighted by Gasteiger charge is -2.36. The number of hydrogen-bond donors (Lipinski definition) is 0. The van der Waals surface area contributed by atoms with E-state index < -0.39 is 0 Å². The predicted octanol–water partition coefficient (Wildman–Crippen LogP) is 2.90. The first-order valence-electron chi connectivity index (χ1n) is 5.77. The third-order valence-electron chi connectivity index (χ3n) is 3.03. The van der Waals surface area contributed by atoms with Gasteiger partial charge in [0.25, 0.3) is 0 Å². The van der Waals surface area contributed by atoms with Gasteiger partial charge in [-0.15, -0.1) is 11.8 Å². The summed E-state index contributed by atoms with van der Waals surface area (Å²) in [6, 6.07) is 8.52. The van der Waals surface area contributed by atoms with Gasteiger partial charge in [0.05, 0.1) is 0 Å². The van der Waals surface area contributed by atoms with Crippen LogP contribution in [0.1, 0.15) is 12.5 Å². The van der Waals surface area contributed by atoms with Crippen molar-refractivity contribution in [2.24, 2.45) is 5.92 Å². The van der Waals surface area contributed by atoms with Crippen LogP contribution in [0.25, 0.3) is 6.08 Å². The standard InChI is InChI=1S/C14H17NOS/c1-11(16)15-9-13(10-15)4-3-12-5-7-14(17-2)8-6-12/h3-8,13H,9-10H2,1-2H3/b4-3+. The van der Waals surface area contributed by atoms with Crippen molar-refractivity contribution in [2.45, 2.75) is 11.8 Å². The van der Waals surface area contributed by atoms with Crippen LogP contribution in [0.4, 0.5) is 0 Å². The number of hydrogen-bond acceptors (Lipinski definition) is 2. The molecule has 1 amide bonds. The Morgan fingerprint density at radius 2 is 2.00 bits per heavy atom. The molecule has 2 rings (SSSR count). The second-order valence-corrected chi connectivity index (χ2v) is 5.20. The number of likely N-dealkylation sites (tertiary alicyclic amines) is 1. The molecule has 3 heteroatoms. The first-order chi connectivity index (χ1) is 8.19. The van der Waals surface area contributed by atoms with Crippen molar-refractivity contribution in [3.8, 4) is 0 Å². The lowest BCUT2D eigenvalue weighted by molar-refractivity contribution is -0.133. The van der Waals surface area contributed by atoms with Crippen molar-refractivity contribution in [1.29, 1.82) is 0 Å². The van der Waals surface area contributed by atoms with Gasteiger partial charge in [-0.1, -0.05) is 24.3 Å². The first kappa shape index (κ1) is 12.2. The van der Waals surface area contributed by atoms with Crippen molar-refractivity contribution in [1.82, 2.24) is 4.90 Å². The molecule has 1 heterocycles. The third kappa shape index (κ3) is 3.13. The van der Waals surface area contributed by atoms with Gasteiger partial charge in [-0.25, -0.2) is 0 Å². The zero-order valence-electron chi connectivity index (χ0n) is 10.2. The minimum Gasteiger partial charge on any atom is -0.342 e. The Kier molecular flexibility index (Phi) is 3.89. The normalized spacial score (nSPS) is 16.2. The monoisotopic (exact) mass is 247 g/mol. The van der Waals surface area contributed by atoms with E-state index in [-0.39, 0.29) is 5.91 Å². The van der Waals surface area contributed by atoms with Crippen LogP contribution in [0.2, 0.25) is 0 Å². The highest BCUT2D eigenvalue weighted by Gasteiger charge is 2.25. The van der Waals surface area contributed by atoms with Gasteiger partial charge in [0.15, 0.2) is 0 Å².